The fourth-order valence-electron chi connectivity index (χ4n) is 2.28. The normalized spacial score (nSPS) is 11.8. The molecule has 1 aromatic heterocycles. The molecule has 0 saturated heterocycles. The van der Waals surface area contributed by atoms with Gasteiger partial charge in [0.15, 0.2) is 0 Å². The van der Waals surface area contributed by atoms with Gasteiger partial charge in [0.05, 0.1) is 0 Å². The Labute approximate surface area is 111 Å². The zero-order valence-electron chi connectivity index (χ0n) is 10.4. The fourth-order valence-corrected chi connectivity index (χ4v) is 2.28. The Balaban J connectivity index is 0.000000155. The van der Waals surface area contributed by atoms with Crippen LogP contribution in [0.3, 0.4) is 0 Å². The molecule has 0 spiro atoms. The number of hydrogen-bond acceptors (Lipinski definition) is 3. The summed E-state index contributed by atoms with van der Waals surface area (Å²) in [5.41, 5.74) is 2.81. The molecule has 0 saturated carbocycles. The molecule has 0 bridgehead atoms. The highest BCUT2D eigenvalue weighted by Crippen LogP contribution is 2.27. The van der Waals surface area contributed by atoms with E-state index >= 15 is 0 Å². The molecule has 0 N–H and O–H groups in total. The maximum Gasteiger partial charge on any atom is 0.119 e. The molecule has 0 unspecified atom stereocenters. The predicted molar refractivity (Wildman–Crippen MR) is 76.5 cm³/mol. The molecular weight excluding hydrogens is 234 g/mol. The largest absolute Gasteiger partial charge is 0.225 e. The lowest BCUT2D eigenvalue weighted by Crippen LogP contribution is -1.91. The van der Waals surface area contributed by atoms with E-state index in [-0.39, 0.29) is 0 Å². The number of rotatable bonds is 0. The van der Waals surface area contributed by atoms with Gasteiger partial charge in [-0.25, -0.2) is 15.0 Å². The SMILES string of the molecule is C1=Cc2cccc3cccc(c23)C1.c1ncncn1. The van der Waals surface area contributed by atoms with E-state index in [4.69, 9.17) is 0 Å². The van der Waals surface area contributed by atoms with E-state index in [1.807, 2.05) is 0 Å². The molecule has 1 heterocycles. The second-order valence-electron chi connectivity index (χ2n) is 4.26. The summed E-state index contributed by atoms with van der Waals surface area (Å²) in [6.07, 6.45) is 9.84. The Kier molecular flexibility index (Phi) is 3.28. The van der Waals surface area contributed by atoms with Gasteiger partial charge in [-0.2, -0.15) is 0 Å². The monoisotopic (exact) mass is 247 g/mol. The summed E-state index contributed by atoms with van der Waals surface area (Å²) in [5.74, 6) is 0. The molecule has 0 aliphatic heterocycles. The summed E-state index contributed by atoms with van der Waals surface area (Å²) < 4.78 is 0. The first-order chi connectivity index (χ1) is 9.45. The van der Waals surface area contributed by atoms with Crippen molar-refractivity contribution in [3.8, 4) is 0 Å². The summed E-state index contributed by atoms with van der Waals surface area (Å²) in [6, 6.07) is 13.0. The molecule has 0 amide bonds. The molecule has 1 aliphatic carbocycles. The third-order valence-electron chi connectivity index (χ3n) is 3.06. The van der Waals surface area contributed by atoms with E-state index < -0.39 is 0 Å². The minimum Gasteiger partial charge on any atom is -0.225 e. The summed E-state index contributed by atoms with van der Waals surface area (Å²) in [7, 11) is 0. The minimum atomic E-state index is 1.08. The van der Waals surface area contributed by atoms with Crippen molar-refractivity contribution in [2.24, 2.45) is 0 Å². The van der Waals surface area contributed by atoms with Crippen LogP contribution in [-0.2, 0) is 6.42 Å². The van der Waals surface area contributed by atoms with Crippen molar-refractivity contribution in [1.29, 1.82) is 0 Å². The van der Waals surface area contributed by atoms with Crippen molar-refractivity contribution in [1.82, 2.24) is 15.0 Å². The Morgan fingerprint density at radius 3 is 2.16 bits per heavy atom. The zero-order valence-corrected chi connectivity index (χ0v) is 10.4. The molecule has 0 fully saturated rings. The maximum atomic E-state index is 3.56. The van der Waals surface area contributed by atoms with Gasteiger partial charge < -0.3 is 0 Å². The van der Waals surface area contributed by atoms with Gasteiger partial charge in [-0.05, 0) is 28.3 Å². The number of nitrogens with zero attached hydrogens (tertiary/aromatic N) is 3. The molecular formula is C16H13N3. The van der Waals surface area contributed by atoms with Crippen LogP contribution in [0.5, 0.6) is 0 Å². The molecule has 1 aliphatic rings. The standard InChI is InChI=1S/C13H10.C3H3N3/c1-4-10-6-2-8-12-9-3-7-11(5-1)13(10)12;1-4-2-6-3-5-1/h1-8H,9H2;1-3H. The lowest BCUT2D eigenvalue weighted by molar-refractivity contribution is 1.05. The lowest BCUT2D eigenvalue weighted by atomic mass is 9.93. The van der Waals surface area contributed by atoms with Crippen LogP contribution in [0.2, 0.25) is 0 Å². The Hall–Kier alpha value is -2.55. The molecule has 0 atom stereocenters. The highest BCUT2D eigenvalue weighted by atomic mass is 14.9. The van der Waals surface area contributed by atoms with Crippen LogP contribution < -0.4 is 0 Å². The van der Waals surface area contributed by atoms with Gasteiger partial charge in [0, 0.05) is 0 Å². The van der Waals surface area contributed by atoms with Crippen molar-refractivity contribution < 1.29 is 0 Å². The maximum absolute atomic E-state index is 3.56. The second-order valence-corrected chi connectivity index (χ2v) is 4.26. The van der Waals surface area contributed by atoms with Crippen molar-refractivity contribution in [3.05, 3.63) is 72.6 Å². The molecule has 19 heavy (non-hydrogen) atoms. The van der Waals surface area contributed by atoms with Crippen molar-refractivity contribution in [2.75, 3.05) is 0 Å². The van der Waals surface area contributed by atoms with E-state index in [1.54, 1.807) is 0 Å². The van der Waals surface area contributed by atoms with Crippen molar-refractivity contribution in [2.45, 2.75) is 6.42 Å². The van der Waals surface area contributed by atoms with Crippen LogP contribution in [0.25, 0.3) is 16.8 Å². The zero-order chi connectivity index (χ0) is 12.9. The fraction of sp³-hybridized carbons (Fsp3) is 0.0625. The number of allylic oxidation sites excluding steroid dienone is 1. The minimum absolute atomic E-state index is 1.08. The lowest BCUT2D eigenvalue weighted by Gasteiger charge is -2.11. The molecule has 2 aromatic carbocycles. The van der Waals surface area contributed by atoms with Gasteiger partial charge in [0.2, 0.25) is 0 Å². The van der Waals surface area contributed by atoms with Crippen LogP contribution >= 0.6 is 0 Å². The molecule has 3 heteroatoms. The van der Waals surface area contributed by atoms with Crippen LogP contribution in [0.15, 0.2) is 61.5 Å². The van der Waals surface area contributed by atoms with Crippen molar-refractivity contribution >= 4 is 16.8 Å². The predicted octanol–water partition coefficient (Wildman–Crippen LogP) is 3.28. The van der Waals surface area contributed by atoms with Crippen molar-refractivity contribution in [3.63, 3.8) is 0 Å². The van der Waals surface area contributed by atoms with Gasteiger partial charge in [-0.3, -0.25) is 0 Å². The van der Waals surface area contributed by atoms with Gasteiger partial charge in [0.25, 0.3) is 0 Å². The summed E-state index contributed by atoms with van der Waals surface area (Å²) in [4.78, 5) is 10.7. The van der Waals surface area contributed by atoms with Gasteiger partial charge in [-0.1, -0.05) is 48.6 Å². The van der Waals surface area contributed by atoms with Crippen LogP contribution in [0.1, 0.15) is 11.1 Å². The molecule has 3 nitrogen and oxygen atoms in total. The average molecular weight is 247 g/mol. The van der Waals surface area contributed by atoms with Gasteiger partial charge in [-0.15, -0.1) is 0 Å². The quantitative estimate of drug-likeness (QED) is 0.612. The summed E-state index contributed by atoms with van der Waals surface area (Å²) >= 11 is 0. The van der Waals surface area contributed by atoms with E-state index in [9.17, 15) is 0 Å². The second kappa shape index (κ2) is 5.40. The topological polar surface area (TPSA) is 38.7 Å². The third kappa shape index (κ3) is 2.50. The third-order valence-corrected chi connectivity index (χ3v) is 3.06. The summed E-state index contributed by atoms with van der Waals surface area (Å²) in [6.45, 7) is 0. The highest BCUT2D eigenvalue weighted by molar-refractivity contribution is 5.94. The van der Waals surface area contributed by atoms with E-state index in [1.165, 1.54) is 40.9 Å². The molecule has 92 valence electrons. The number of hydrogen-bond donors (Lipinski definition) is 0. The number of benzene rings is 2. The Morgan fingerprint density at radius 2 is 1.47 bits per heavy atom. The first-order valence-corrected chi connectivity index (χ1v) is 6.17. The van der Waals surface area contributed by atoms with Gasteiger partial charge in [0.1, 0.15) is 19.0 Å². The molecule has 4 rings (SSSR count). The van der Waals surface area contributed by atoms with Crippen LogP contribution in [0, 0.1) is 0 Å². The van der Waals surface area contributed by atoms with E-state index in [0.717, 1.165) is 6.42 Å². The van der Waals surface area contributed by atoms with E-state index in [2.05, 4.69) is 63.5 Å². The molecule has 3 aromatic rings. The Morgan fingerprint density at radius 1 is 0.789 bits per heavy atom. The van der Waals surface area contributed by atoms with E-state index in [0.29, 0.717) is 0 Å². The first kappa shape index (κ1) is 11.5. The summed E-state index contributed by atoms with van der Waals surface area (Å²) in [5, 5.41) is 2.80. The number of aromatic nitrogens is 3. The van der Waals surface area contributed by atoms with Crippen LogP contribution in [-0.4, -0.2) is 15.0 Å². The first-order valence-electron chi connectivity index (χ1n) is 6.17. The highest BCUT2D eigenvalue weighted by Gasteiger charge is 2.06. The average Bonchev–Trinajstić information content (AvgIpc) is 2.51. The van der Waals surface area contributed by atoms with Gasteiger partial charge >= 0.3 is 0 Å². The smallest absolute Gasteiger partial charge is 0.119 e. The van der Waals surface area contributed by atoms with Crippen LogP contribution in [0.4, 0.5) is 0 Å². The molecule has 0 radical (unpaired) electrons. The Bertz CT molecular complexity index is 674.